The van der Waals surface area contributed by atoms with Gasteiger partial charge in [-0.3, -0.25) is 9.69 Å². The maximum Gasteiger partial charge on any atom is 0.225 e. The number of fused-ring (bicyclic) bond motifs is 3. The van der Waals surface area contributed by atoms with Crippen molar-refractivity contribution in [3.05, 3.63) is 35.4 Å². The van der Waals surface area contributed by atoms with Crippen molar-refractivity contribution >= 4 is 5.91 Å². The lowest BCUT2D eigenvalue weighted by Crippen LogP contribution is -2.53. The number of hydrogen-bond donors (Lipinski definition) is 0. The zero-order valence-electron chi connectivity index (χ0n) is 14.2. The number of piperazine rings is 1. The normalized spacial score (nSPS) is 26.7. The first-order valence-electron chi connectivity index (χ1n) is 9.34. The van der Waals surface area contributed by atoms with E-state index in [-0.39, 0.29) is 5.92 Å². The molecule has 23 heavy (non-hydrogen) atoms. The summed E-state index contributed by atoms with van der Waals surface area (Å²) in [6.45, 7) is 6.13. The van der Waals surface area contributed by atoms with Gasteiger partial charge < -0.3 is 4.90 Å². The van der Waals surface area contributed by atoms with Gasteiger partial charge in [0.05, 0.1) is 6.04 Å². The summed E-state index contributed by atoms with van der Waals surface area (Å²) < 4.78 is 0. The number of hydrogen-bond acceptors (Lipinski definition) is 2. The summed E-state index contributed by atoms with van der Waals surface area (Å²) in [6.07, 6.45) is 6.27. The Morgan fingerprint density at radius 2 is 1.91 bits per heavy atom. The molecule has 1 aromatic carbocycles. The first-order chi connectivity index (χ1) is 11.2. The van der Waals surface area contributed by atoms with Gasteiger partial charge >= 0.3 is 0 Å². The molecule has 124 valence electrons. The van der Waals surface area contributed by atoms with Crippen molar-refractivity contribution in [1.82, 2.24) is 9.80 Å². The molecule has 2 fully saturated rings. The fourth-order valence-electron chi connectivity index (χ4n) is 4.88. The van der Waals surface area contributed by atoms with Crippen LogP contribution >= 0.6 is 0 Å². The van der Waals surface area contributed by atoms with Gasteiger partial charge in [0.15, 0.2) is 0 Å². The van der Waals surface area contributed by atoms with Crippen molar-refractivity contribution in [3.63, 3.8) is 0 Å². The van der Waals surface area contributed by atoms with Crippen LogP contribution in [0.3, 0.4) is 0 Å². The second kappa shape index (κ2) is 6.27. The van der Waals surface area contributed by atoms with Gasteiger partial charge in [0.1, 0.15) is 0 Å². The highest BCUT2D eigenvalue weighted by atomic mass is 16.2. The van der Waals surface area contributed by atoms with E-state index >= 15 is 0 Å². The molecular weight excluding hydrogens is 284 g/mol. The van der Waals surface area contributed by atoms with Crippen molar-refractivity contribution in [3.8, 4) is 0 Å². The Kier molecular flexibility index (Phi) is 4.14. The van der Waals surface area contributed by atoms with E-state index in [1.807, 2.05) is 0 Å². The zero-order chi connectivity index (χ0) is 15.8. The maximum atomic E-state index is 13.0. The van der Waals surface area contributed by atoms with E-state index in [9.17, 15) is 4.79 Å². The van der Waals surface area contributed by atoms with Crippen molar-refractivity contribution in [2.24, 2.45) is 11.8 Å². The van der Waals surface area contributed by atoms with E-state index in [1.54, 1.807) is 0 Å². The third-order valence-corrected chi connectivity index (χ3v) is 6.38. The summed E-state index contributed by atoms with van der Waals surface area (Å²) >= 11 is 0. The topological polar surface area (TPSA) is 23.6 Å². The molecule has 1 aromatic rings. The molecule has 0 radical (unpaired) electrons. The Bertz CT molecular complexity index is 579. The van der Waals surface area contributed by atoms with Crippen LogP contribution in [0.5, 0.6) is 0 Å². The average molecular weight is 312 g/mol. The average Bonchev–Trinajstić information content (AvgIpc) is 3.14. The molecule has 2 aliphatic heterocycles. The fraction of sp³-hybridized carbons (Fsp3) is 0.650. The molecule has 4 rings (SSSR count). The highest BCUT2D eigenvalue weighted by molar-refractivity contribution is 5.79. The molecule has 2 heterocycles. The summed E-state index contributed by atoms with van der Waals surface area (Å²) in [7, 11) is 0. The van der Waals surface area contributed by atoms with Crippen LogP contribution in [0.15, 0.2) is 24.3 Å². The molecule has 0 N–H and O–H groups in total. The lowest BCUT2D eigenvalue weighted by atomic mass is 9.88. The monoisotopic (exact) mass is 312 g/mol. The molecule has 1 saturated carbocycles. The molecule has 1 amide bonds. The molecule has 2 atom stereocenters. The van der Waals surface area contributed by atoms with E-state index in [0.29, 0.717) is 17.9 Å². The molecule has 2 unspecified atom stereocenters. The Hall–Kier alpha value is -1.35. The van der Waals surface area contributed by atoms with E-state index in [4.69, 9.17) is 0 Å². The lowest BCUT2D eigenvalue weighted by Gasteiger charge is -2.45. The highest BCUT2D eigenvalue weighted by Gasteiger charge is 2.37. The smallest absolute Gasteiger partial charge is 0.225 e. The fourth-order valence-corrected chi connectivity index (χ4v) is 4.88. The van der Waals surface area contributed by atoms with Gasteiger partial charge in [0.2, 0.25) is 5.91 Å². The van der Waals surface area contributed by atoms with Crippen LogP contribution < -0.4 is 0 Å². The van der Waals surface area contributed by atoms with Crippen LogP contribution in [0.1, 0.15) is 49.8 Å². The van der Waals surface area contributed by atoms with E-state index < -0.39 is 0 Å². The van der Waals surface area contributed by atoms with Crippen LogP contribution in [0.25, 0.3) is 0 Å². The zero-order valence-corrected chi connectivity index (χ0v) is 14.2. The SMILES string of the molecule is CC(C(=O)N1CCN2CCc3ccccc3C2C1)C1CCCC1. The van der Waals surface area contributed by atoms with Crippen LogP contribution in [0, 0.1) is 11.8 Å². The van der Waals surface area contributed by atoms with Gasteiger partial charge in [-0.2, -0.15) is 0 Å². The first kappa shape index (κ1) is 15.2. The lowest BCUT2D eigenvalue weighted by molar-refractivity contribution is -0.140. The summed E-state index contributed by atoms with van der Waals surface area (Å²) in [5, 5.41) is 0. The molecule has 0 spiro atoms. The Balaban J connectivity index is 1.50. The van der Waals surface area contributed by atoms with E-state index in [1.165, 1.54) is 36.8 Å². The van der Waals surface area contributed by atoms with Gasteiger partial charge in [-0.15, -0.1) is 0 Å². The molecular formula is C20H28N2O. The van der Waals surface area contributed by atoms with Gasteiger partial charge in [-0.05, 0) is 36.3 Å². The number of rotatable bonds is 2. The summed E-state index contributed by atoms with van der Waals surface area (Å²) in [6, 6.07) is 9.22. The number of amides is 1. The van der Waals surface area contributed by atoms with Crippen LogP contribution in [0.2, 0.25) is 0 Å². The largest absolute Gasteiger partial charge is 0.339 e. The minimum atomic E-state index is 0.211. The number of carbonyl (C=O) groups is 1. The van der Waals surface area contributed by atoms with Gasteiger partial charge in [-0.1, -0.05) is 44.0 Å². The Labute approximate surface area is 139 Å². The molecule has 3 nitrogen and oxygen atoms in total. The minimum absolute atomic E-state index is 0.211. The molecule has 1 saturated heterocycles. The third-order valence-electron chi connectivity index (χ3n) is 6.38. The van der Waals surface area contributed by atoms with Crippen LogP contribution in [-0.2, 0) is 11.2 Å². The maximum absolute atomic E-state index is 13.0. The van der Waals surface area contributed by atoms with Crippen LogP contribution in [-0.4, -0.2) is 41.9 Å². The second-order valence-corrected chi connectivity index (χ2v) is 7.62. The van der Waals surface area contributed by atoms with E-state index in [2.05, 4.69) is 41.0 Å². The van der Waals surface area contributed by atoms with Gasteiger partial charge in [0.25, 0.3) is 0 Å². The molecule has 0 bridgehead atoms. The second-order valence-electron chi connectivity index (χ2n) is 7.62. The van der Waals surface area contributed by atoms with Crippen LogP contribution in [0.4, 0.5) is 0 Å². The number of carbonyl (C=O) groups excluding carboxylic acids is 1. The predicted molar refractivity (Wildman–Crippen MR) is 92.2 cm³/mol. The van der Waals surface area contributed by atoms with Gasteiger partial charge in [0, 0.05) is 32.1 Å². The first-order valence-corrected chi connectivity index (χ1v) is 9.34. The van der Waals surface area contributed by atoms with Crippen molar-refractivity contribution in [2.45, 2.75) is 45.1 Å². The van der Waals surface area contributed by atoms with Gasteiger partial charge in [-0.25, -0.2) is 0 Å². The minimum Gasteiger partial charge on any atom is -0.339 e. The molecule has 1 aliphatic carbocycles. The molecule has 0 aromatic heterocycles. The van der Waals surface area contributed by atoms with E-state index in [0.717, 1.165) is 32.6 Å². The quantitative estimate of drug-likeness (QED) is 0.837. The number of benzene rings is 1. The van der Waals surface area contributed by atoms with Crippen molar-refractivity contribution in [1.29, 1.82) is 0 Å². The summed E-state index contributed by atoms with van der Waals surface area (Å²) in [5.74, 6) is 1.24. The molecule has 3 heteroatoms. The summed E-state index contributed by atoms with van der Waals surface area (Å²) in [4.78, 5) is 17.7. The Morgan fingerprint density at radius 1 is 1.13 bits per heavy atom. The Morgan fingerprint density at radius 3 is 2.74 bits per heavy atom. The third kappa shape index (κ3) is 2.80. The number of nitrogens with zero attached hydrogens (tertiary/aromatic N) is 2. The highest BCUT2D eigenvalue weighted by Crippen LogP contribution is 2.35. The van der Waals surface area contributed by atoms with Crippen molar-refractivity contribution < 1.29 is 4.79 Å². The summed E-state index contributed by atoms with van der Waals surface area (Å²) in [5.41, 5.74) is 2.93. The predicted octanol–water partition coefficient (Wildman–Crippen LogP) is 3.25. The standard InChI is InChI=1S/C20H28N2O/c1-15(16-6-2-3-7-16)20(23)22-13-12-21-11-10-17-8-4-5-9-18(17)19(21)14-22/h4-5,8-9,15-16,19H,2-3,6-7,10-14H2,1H3. The van der Waals surface area contributed by atoms with Crippen molar-refractivity contribution in [2.75, 3.05) is 26.2 Å². The molecule has 3 aliphatic rings.